The minimum atomic E-state index is -0.936. The zero-order chi connectivity index (χ0) is 20.3. The van der Waals surface area contributed by atoms with Crippen LogP contribution in [0, 0.1) is 0 Å². The number of hydrogen-bond donors (Lipinski definition) is 2. The minimum Gasteiger partial charge on any atom is -0.481 e. The summed E-state index contributed by atoms with van der Waals surface area (Å²) in [6.45, 7) is 0.379. The van der Waals surface area contributed by atoms with Crippen molar-refractivity contribution in [2.24, 2.45) is 0 Å². The van der Waals surface area contributed by atoms with Crippen molar-refractivity contribution in [3.05, 3.63) is 64.7 Å². The van der Waals surface area contributed by atoms with Gasteiger partial charge in [-0.3, -0.25) is 24.1 Å². The lowest BCUT2D eigenvalue weighted by Crippen LogP contribution is -2.32. The van der Waals surface area contributed by atoms with Crippen LogP contribution in [0.4, 0.5) is 5.69 Å². The van der Waals surface area contributed by atoms with E-state index in [2.05, 4.69) is 5.32 Å². The van der Waals surface area contributed by atoms with E-state index in [1.165, 1.54) is 25.3 Å². The third-order valence-corrected chi connectivity index (χ3v) is 4.32. The fourth-order valence-corrected chi connectivity index (χ4v) is 2.90. The van der Waals surface area contributed by atoms with Gasteiger partial charge in [0.25, 0.3) is 17.7 Å². The van der Waals surface area contributed by atoms with Crippen molar-refractivity contribution in [3.8, 4) is 0 Å². The van der Waals surface area contributed by atoms with Crippen molar-refractivity contribution in [2.45, 2.75) is 6.42 Å². The van der Waals surface area contributed by atoms with E-state index in [1.54, 1.807) is 24.3 Å². The number of amides is 3. The van der Waals surface area contributed by atoms with Crippen LogP contribution in [-0.4, -0.2) is 54.0 Å². The standard InChI is InChI=1S/C20H18N2O6/c1-28-9-8-22-19(26)15-7-4-13(11-16(15)20(22)27)18(25)21-14-5-2-12(3-6-14)10-17(23)24/h2-7,11H,8-10H2,1H3,(H,21,25)(H,23,24). The van der Waals surface area contributed by atoms with Gasteiger partial charge in [-0.05, 0) is 35.9 Å². The molecule has 3 amide bonds. The number of fused-ring (bicyclic) bond motifs is 1. The number of benzene rings is 2. The molecule has 8 heteroatoms. The summed E-state index contributed by atoms with van der Waals surface area (Å²) in [6.07, 6.45) is -0.102. The fraction of sp³-hybridized carbons (Fsp3) is 0.200. The first kappa shape index (κ1) is 19.2. The number of hydrogen-bond acceptors (Lipinski definition) is 5. The van der Waals surface area contributed by atoms with E-state index >= 15 is 0 Å². The van der Waals surface area contributed by atoms with Gasteiger partial charge in [0.15, 0.2) is 0 Å². The van der Waals surface area contributed by atoms with E-state index in [9.17, 15) is 19.2 Å². The molecular weight excluding hydrogens is 364 g/mol. The first-order valence-electron chi connectivity index (χ1n) is 8.52. The number of ether oxygens (including phenoxy) is 1. The summed E-state index contributed by atoms with van der Waals surface area (Å²) in [4.78, 5) is 49.0. The maximum absolute atomic E-state index is 12.5. The second-order valence-electron chi connectivity index (χ2n) is 6.24. The van der Waals surface area contributed by atoms with E-state index in [0.29, 0.717) is 11.3 Å². The van der Waals surface area contributed by atoms with Crippen LogP contribution in [-0.2, 0) is 16.0 Å². The van der Waals surface area contributed by atoms with Crippen molar-refractivity contribution in [2.75, 3.05) is 25.6 Å². The van der Waals surface area contributed by atoms with Crippen molar-refractivity contribution < 1.29 is 29.0 Å². The lowest BCUT2D eigenvalue weighted by Gasteiger charge is -2.12. The number of aliphatic carboxylic acids is 1. The van der Waals surface area contributed by atoms with Gasteiger partial charge < -0.3 is 15.2 Å². The summed E-state index contributed by atoms with van der Waals surface area (Å²) in [5, 5.41) is 11.5. The van der Waals surface area contributed by atoms with E-state index in [-0.39, 0.29) is 36.3 Å². The Morgan fingerprint density at radius 2 is 1.71 bits per heavy atom. The van der Waals surface area contributed by atoms with Gasteiger partial charge in [0.1, 0.15) is 0 Å². The van der Waals surface area contributed by atoms with Gasteiger partial charge in [-0.25, -0.2) is 0 Å². The number of rotatable bonds is 7. The molecule has 0 aliphatic carbocycles. The highest BCUT2D eigenvalue weighted by atomic mass is 16.5. The molecule has 0 radical (unpaired) electrons. The lowest BCUT2D eigenvalue weighted by molar-refractivity contribution is -0.136. The van der Waals surface area contributed by atoms with Crippen molar-refractivity contribution in [1.82, 2.24) is 4.90 Å². The molecule has 0 bridgehead atoms. The van der Waals surface area contributed by atoms with E-state index < -0.39 is 23.7 Å². The van der Waals surface area contributed by atoms with Crippen LogP contribution in [0.2, 0.25) is 0 Å². The van der Waals surface area contributed by atoms with Gasteiger partial charge in [-0.1, -0.05) is 12.1 Å². The van der Waals surface area contributed by atoms with E-state index in [0.717, 1.165) is 4.90 Å². The van der Waals surface area contributed by atoms with Gasteiger partial charge in [-0.2, -0.15) is 0 Å². The average molecular weight is 382 g/mol. The number of imide groups is 1. The topological polar surface area (TPSA) is 113 Å². The number of carbonyl (C=O) groups excluding carboxylic acids is 3. The predicted molar refractivity (Wildman–Crippen MR) is 99.4 cm³/mol. The number of carboxylic acids is 1. The molecule has 8 nitrogen and oxygen atoms in total. The summed E-state index contributed by atoms with van der Waals surface area (Å²) < 4.78 is 4.91. The van der Waals surface area contributed by atoms with Crippen molar-refractivity contribution >= 4 is 29.4 Å². The van der Waals surface area contributed by atoms with Crippen molar-refractivity contribution in [3.63, 3.8) is 0 Å². The van der Waals surface area contributed by atoms with Crippen LogP contribution in [0.5, 0.6) is 0 Å². The molecule has 2 N–H and O–H groups in total. The number of anilines is 1. The maximum atomic E-state index is 12.5. The zero-order valence-electron chi connectivity index (χ0n) is 15.1. The van der Waals surface area contributed by atoms with Gasteiger partial charge in [0.05, 0.1) is 30.7 Å². The van der Waals surface area contributed by atoms with Gasteiger partial charge >= 0.3 is 5.97 Å². The Morgan fingerprint density at radius 1 is 1.04 bits per heavy atom. The van der Waals surface area contributed by atoms with Crippen LogP contribution >= 0.6 is 0 Å². The SMILES string of the molecule is COCCN1C(=O)c2ccc(C(=O)Nc3ccc(CC(=O)O)cc3)cc2C1=O. The maximum Gasteiger partial charge on any atom is 0.307 e. The molecule has 144 valence electrons. The normalized spacial score (nSPS) is 12.8. The van der Waals surface area contributed by atoms with Crippen LogP contribution in [0.15, 0.2) is 42.5 Å². The van der Waals surface area contributed by atoms with Crippen LogP contribution in [0.1, 0.15) is 36.6 Å². The summed E-state index contributed by atoms with van der Waals surface area (Å²) in [5.41, 5.74) is 1.79. The fourth-order valence-electron chi connectivity index (χ4n) is 2.90. The molecule has 2 aromatic rings. The third-order valence-electron chi connectivity index (χ3n) is 4.32. The Bertz CT molecular complexity index is 952. The van der Waals surface area contributed by atoms with Gasteiger partial charge in [-0.15, -0.1) is 0 Å². The molecule has 0 atom stereocenters. The highest BCUT2D eigenvalue weighted by Gasteiger charge is 2.35. The molecule has 1 aliphatic heterocycles. The zero-order valence-corrected chi connectivity index (χ0v) is 15.1. The minimum absolute atomic E-state index is 0.102. The Hall–Kier alpha value is -3.52. The van der Waals surface area contributed by atoms with Crippen LogP contribution < -0.4 is 5.32 Å². The molecule has 3 rings (SSSR count). The largest absolute Gasteiger partial charge is 0.481 e. The molecule has 0 saturated heterocycles. The van der Waals surface area contributed by atoms with E-state index in [1.807, 2.05) is 0 Å². The number of nitrogens with one attached hydrogen (secondary N) is 1. The Morgan fingerprint density at radius 3 is 2.36 bits per heavy atom. The average Bonchev–Trinajstić information content (AvgIpc) is 2.91. The number of nitrogens with zero attached hydrogens (tertiary/aromatic N) is 1. The molecule has 0 spiro atoms. The van der Waals surface area contributed by atoms with Crippen LogP contribution in [0.25, 0.3) is 0 Å². The second kappa shape index (κ2) is 8.01. The number of carboxylic acid groups (broad SMARTS) is 1. The Labute approximate surface area is 160 Å². The molecule has 28 heavy (non-hydrogen) atoms. The summed E-state index contributed by atoms with van der Waals surface area (Å²) in [7, 11) is 1.48. The highest BCUT2D eigenvalue weighted by molar-refractivity contribution is 6.22. The summed E-state index contributed by atoms with van der Waals surface area (Å²) in [6, 6.07) is 10.8. The van der Waals surface area contributed by atoms with Crippen LogP contribution in [0.3, 0.4) is 0 Å². The molecule has 1 heterocycles. The first-order chi connectivity index (χ1) is 13.4. The number of methoxy groups -OCH3 is 1. The lowest BCUT2D eigenvalue weighted by atomic mass is 10.1. The van der Waals surface area contributed by atoms with Gasteiger partial charge in [0.2, 0.25) is 0 Å². The Kier molecular flexibility index (Phi) is 5.51. The second-order valence-corrected chi connectivity index (χ2v) is 6.24. The molecule has 0 fully saturated rings. The smallest absolute Gasteiger partial charge is 0.307 e. The Balaban J connectivity index is 1.74. The highest BCUT2D eigenvalue weighted by Crippen LogP contribution is 2.24. The summed E-state index contributed by atoms with van der Waals surface area (Å²) >= 11 is 0. The first-order valence-corrected chi connectivity index (χ1v) is 8.52. The molecule has 0 unspecified atom stereocenters. The van der Waals surface area contributed by atoms with Crippen molar-refractivity contribution in [1.29, 1.82) is 0 Å². The quantitative estimate of drug-likeness (QED) is 0.706. The molecule has 1 aliphatic rings. The molecule has 0 saturated carbocycles. The predicted octanol–water partition coefficient (Wildman–Crippen LogP) is 1.81. The number of carbonyl (C=O) groups is 4. The summed E-state index contributed by atoms with van der Waals surface area (Å²) in [5.74, 6) is -2.24. The van der Waals surface area contributed by atoms with E-state index in [4.69, 9.17) is 9.84 Å². The molecular formula is C20H18N2O6. The third kappa shape index (κ3) is 3.91. The monoisotopic (exact) mass is 382 g/mol. The molecule has 2 aromatic carbocycles. The molecule has 0 aromatic heterocycles. The van der Waals surface area contributed by atoms with Gasteiger partial charge in [0, 0.05) is 18.4 Å².